The molecule has 2 aromatic rings. The van der Waals surface area contributed by atoms with Crippen molar-refractivity contribution in [1.29, 1.82) is 0 Å². The van der Waals surface area contributed by atoms with Gasteiger partial charge in [0, 0.05) is 11.8 Å². The van der Waals surface area contributed by atoms with Gasteiger partial charge in [-0.25, -0.2) is 0 Å². The Morgan fingerprint density at radius 2 is 1.68 bits per heavy atom. The Hall–Kier alpha value is -2.63. The second-order valence-electron chi connectivity index (χ2n) is 7.58. The summed E-state index contributed by atoms with van der Waals surface area (Å²) < 4.78 is 4.91. The van der Waals surface area contributed by atoms with E-state index in [1.807, 2.05) is 24.3 Å². The number of aromatic nitrogens is 1. The number of nitrogens with zero attached hydrogens (tertiary/aromatic N) is 1. The first kappa shape index (κ1) is 17.2. The summed E-state index contributed by atoms with van der Waals surface area (Å²) in [6, 6.07) is 9.47. The first-order chi connectivity index (χ1) is 11.7. The van der Waals surface area contributed by atoms with Gasteiger partial charge in [0.1, 0.15) is 5.76 Å². The number of hydrogen-bond donors (Lipinski definition) is 2. The second kappa shape index (κ2) is 6.35. The molecule has 25 heavy (non-hydrogen) atoms. The Morgan fingerprint density at radius 1 is 1.08 bits per heavy atom. The summed E-state index contributed by atoms with van der Waals surface area (Å²) in [5.41, 5.74) is 2.02. The fourth-order valence-corrected chi connectivity index (χ4v) is 2.71. The number of hydrogen-bond acceptors (Lipinski definition) is 4. The summed E-state index contributed by atoms with van der Waals surface area (Å²) in [7, 11) is 0. The van der Waals surface area contributed by atoms with E-state index in [0.29, 0.717) is 18.0 Å². The maximum Gasteiger partial charge on any atom is 0.229 e. The summed E-state index contributed by atoms with van der Waals surface area (Å²) in [5.74, 6) is 0.0723. The van der Waals surface area contributed by atoms with Gasteiger partial charge in [-0.1, -0.05) is 38.1 Å². The van der Waals surface area contributed by atoms with Gasteiger partial charge in [0.15, 0.2) is 5.82 Å². The van der Waals surface area contributed by atoms with Crippen molar-refractivity contribution in [2.45, 2.75) is 39.5 Å². The standard InChI is InChI=1S/C19H23N3O3/c1-11-9-16(22-25-11)21-18(24)15-10-14(15)17(23)20-13-7-5-12(6-8-13)19(2,3)4/h5-9,14-15H,10H2,1-4H3,(H,20,23)(H,21,22,24). The lowest BCUT2D eigenvalue weighted by Crippen LogP contribution is -2.20. The molecule has 132 valence electrons. The van der Waals surface area contributed by atoms with Crippen LogP contribution in [0.25, 0.3) is 0 Å². The van der Waals surface area contributed by atoms with Crippen molar-refractivity contribution < 1.29 is 14.1 Å². The molecule has 0 bridgehead atoms. The fraction of sp³-hybridized carbons (Fsp3) is 0.421. The van der Waals surface area contributed by atoms with Gasteiger partial charge in [-0.2, -0.15) is 0 Å². The number of anilines is 2. The SMILES string of the molecule is Cc1cc(NC(=O)C2CC2C(=O)Nc2ccc(C(C)(C)C)cc2)no1. The molecular formula is C19H23N3O3. The highest BCUT2D eigenvalue weighted by Crippen LogP contribution is 2.40. The molecule has 0 aliphatic heterocycles. The molecule has 1 aromatic heterocycles. The maximum absolute atomic E-state index is 12.3. The Kier molecular flexibility index (Phi) is 4.37. The van der Waals surface area contributed by atoms with E-state index in [9.17, 15) is 9.59 Å². The van der Waals surface area contributed by atoms with Crippen LogP contribution in [0.1, 0.15) is 38.5 Å². The third-order valence-electron chi connectivity index (χ3n) is 4.36. The van der Waals surface area contributed by atoms with E-state index in [2.05, 4.69) is 36.6 Å². The molecule has 0 saturated heterocycles. The molecule has 2 unspecified atom stereocenters. The number of carbonyl (C=O) groups excluding carboxylic acids is 2. The topological polar surface area (TPSA) is 84.2 Å². The lowest BCUT2D eigenvalue weighted by Gasteiger charge is -2.19. The van der Waals surface area contributed by atoms with Crippen molar-refractivity contribution in [2.24, 2.45) is 11.8 Å². The van der Waals surface area contributed by atoms with Gasteiger partial charge in [-0.15, -0.1) is 0 Å². The van der Waals surface area contributed by atoms with Crippen molar-refractivity contribution in [1.82, 2.24) is 5.16 Å². The molecule has 2 N–H and O–H groups in total. The number of rotatable bonds is 4. The number of nitrogens with one attached hydrogen (secondary N) is 2. The van der Waals surface area contributed by atoms with Crippen molar-refractivity contribution in [3.63, 3.8) is 0 Å². The summed E-state index contributed by atoms with van der Waals surface area (Å²) >= 11 is 0. The third-order valence-corrected chi connectivity index (χ3v) is 4.36. The van der Waals surface area contributed by atoms with E-state index in [-0.39, 0.29) is 29.1 Å². The molecular weight excluding hydrogens is 318 g/mol. The maximum atomic E-state index is 12.3. The van der Waals surface area contributed by atoms with Crippen LogP contribution >= 0.6 is 0 Å². The van der Waals surface area contributed by atoms with Crippen molar-refractivity contribution >= 4 is 23.3 Å². The van der Waals surface area contributed by atoms with E-state index in [4.69, 9.17) is 4.52 Å². The largest absolute Gasteiger partial charge is 0.360 e. The number of benzene rings is 1. The van der Waals surface area contributed by atoms with E-state index >= 15 is 0 Å². The predicted octanol–water partition coefficient (Wildman–Crippen LogP) is 3.49. The molecule has 1 aromatic carbocycles. The molecule has 6 heteroatoms. The molecule has 1 aliphatic rings. The zero-order valence-electron chi connectivity index (χ0n) is 14.9. The molecule has 3 rings (SSSR count). The van der Waals surface area contributed by atoms with Gasteiger partial charge in [-0.3, -0.25) is 9.59 Å². The van der Waals surface area contributed by atoms with E-state index in [0.717, 1.165) is 5.69 Å². The van der Waals surface area contributed by atoms with Gasteiger partial charge in [0.2, 0.25) is 11.8 Å². The van der Waals surface area contributed by atoms with Crippen LogP contribution in [0.5, 0.6) is 0 Å². The first-order valence-electron chi connectivity index (χ1n) is 8.39. The molecule has 1 aliphatic carbocycles. The lowest BCUT2D eigenvalue weighted by molar-refractivity contribution is -0.122. The minimum Gasteiger partial charge on any atom is -0.360 e. The normalized spacial score (nSPS) is 19.4. The minimum absolute atomic E-state index is 0.0711. The van der Waals surface area contributed by atoms with Gasteiger partial charge >= 0.3 is 0 Å². The van der Waals surface area contributed by atoms with Crippen LogP contribution in [0, 0.1) is 18.8 Å². The summed E-state index contributed by atoms with van der Waals surface area (Å²) in [6.07, 6.45) is 0.550. The van der Waals surface area contributed by atoms with E-state index < -0.39 is 0 Å². The van der Waals surface area contributed by atoms with Gasteiger partial charge < -0.3 is 15.2 Å². The van der Waals surface area contributed by atoms with Crippen LogP contribution < -0.4 is 10.6 Å². The van der Waals surface area contributed by atoms with Crippen LogP contribution in [0.3, 0.4) is 0 Å². The summed E-state index contributed by atoms with van der Waals surface area (Å²) in [4.78, 5) is 24.4. The third kappa shape index (κ3) is 4.07. The monoisotopic (exact) mass is 341 g/mol. The zero-order chi connectivity index (χ0) is 18.2. The minimum atomic E-state index is -0.314. The number of carbonyl (C=O) groups is 2. The zero-order valence-corrected chi connectivity index (χ0v) is 14.9. The molecule has 0 radical (unpaired) electrons. The molecule has 1 fully saturated rings. The predicted molar refractivity (Wildman–Crippen MR) is 95.2 cm³/mol. The van der Waals surface area contributed by atoms with Crippen LogP contribution in [0.15, 0.2) is 34.9 Å². The highest BCUT2D eigenvalue weighted by atomic mass is 16.5. The Morgan fingerprint density at radius 3 is 2.20 bits per heavy atom. The molecule has 2 amide bonds. The summed E-state index contributed by atoms with van der Waals surface area (Å²) in [5, 5.41) is 9.28. The van der Waals surface area contributed by atoms with Crippen molar-refractivity contribution in [3.05, 3.63) is 41.7 Å². The van der Waals surface area contributed by atoms with Crippen LogP contribution in [0.4, 0.5) is 11.5 Å². The van der Waals surface area contributed by atoms with Crippen LogP contribution in [0.2, 0.25) is 0 Å². The number of aryl methyl sites for hydroxylation is 1. The molecule has 0 spiro atoms. The fourth-order valence-electron chi connectivity index (χ4n) is 2.71. The quantitative estimate of drug-likeness (QED) is 0.891. The van der Waals surface area contributed by atoms with Crippen LogP contribution in [-0.4, -0.2) is 17.0 Å². The van der Waals surface area contributed by atoms with E-state index in [1.165, 1.54) is 5.56 Å². The van der Waals surface area contributed by atoms with Crippen molar-refractivity contribution in [2.75, 3.05) is 10.6 Å². The van der Waals surface area contributed by atoms with Gasteiger partial charge in [0.25, 0.3) is 0 Å². The van der Waals surface area contributed by atoms with Crippen LogP contribution in [-0.2, 0) is 15.0 Å². The Balaban J connectivity index is 1.54. The second-order valence-corrected chi connectivity index (χ2v) is 7.58. The van der Waals surface area contributed by atoms with Crippen molar-refractivity contribution in [3.8, 4) is 0 Å². The molecule has 2 atom stereocenters. The Bertz CT molecular complexity index is 787. The summed E-state index contributed by atoms with van der Waals surface area (Å²) in [6.45, 7) is 8.18. The smallest absolute Gasteiger partial charge is 0.229 e. The highest BCUT2D eigenvalue weighted by Gasteiger charge is 2.48. The van der Waals surface area contributed by atoms with E-state index in [1.54, 1.807) is 13.0 Å². The molecule has 1 saturated carbocycles. The average Bonchev–Trinajstić information content (AvgIpc) is 3.24. The first-order valence-corrected chi connectivity index (χ1v) is 8.39. The number of amides is 2. The lowest BCUT2D eigenvalue weighted by atomic mass is 9.87. The Labute approximate surface area is 147 Å². The van der Waals surface area contributed by atoms with Gasteiger partial charge in [-0.05, 0) is 36.5 Å². The molecule has 6 nitrogen and oxygen atoms in total. The van der Waals surface area contributed by atoms with Gasteiger partial charge in [0.05, 0.1) is 11.8 Å². The highest BCUT2D eigenvalue weighted by molar-refractivity contribution is 6.02. The molecule has 1 heterocycles. The average molecular weight is 341 g/mol.